The Bertz CT molecular complexity index is 1060. The summed E-state index contributed by atoms with van der Waals surface area (Å²) in [5.41, 5.74) is 3.39. The van der Waals surface area contributed by atoms with Crippen LogP contribution in [0, 0.1) is 0 Å². The fourth-order valence-corrected chi connectivity index (χ4v) is 4.99. The van der Waals surface area contributed by atoms with Crippen LogP contribution in [-0.4, -0.2) is 52.6 Å². The number of benzene rings is 2. The van der Waals surface area contributed by atoms with Crippen molar-refractivity contribution in [3.63, 3.8) is 0 Å². The van der Waals surface area contributed by atoms with Crippen LogP contribution < -0.4 is 4.74 Å². The molecule has 0 unspecified atom stereocenters. The Morgan fingerprint density at radius 3 is 2.48 bits per heavy atom. The summed E-state index contributed by atoms with van der Waals surface area (Å²) in [6.45, 7) is 4.71. The van der Waals surface area contributed by atoms with E-state index in [1.165, 1.54) is 16.5 Å². The first kappa shape index (κ1) is 20.1. The van der Waals surface area contributed by atoms with E-state index in [4.69, 9.17) is 4.74 Å². The average Bonchev–Trinajstić information content (AvgIpc) is 3.44. The predicted molar refractivity (Wildman–Crippen MR) is 123 cm³/mol. The molecule has 162 valence electrons. The van der Waals surface area contributed by atoms with Crippen molar-refractivity contribution in [2.24, 2.45) is 7.05 Å². The Morgan fingerprint density at radius 1 is 0.968 bits per heavy atom. The number of amides is 1. The van der Waals surface area contributed by atoms with Crippen molar-refractivity contribution in [2.75, 3.05) is 26.2 Å². The summed E-state index contributed by atoms with van der Waals surface area (Å²) < 4.78 is 8.58. The highest BCUT2D eigenvalue weighted by atomic mass is 16.5. The van der Waals surface area contributed by atoms with Crippen LogP contribution in [0.3, 0.4) is 0 Å². The fourth-order valence-electron chi connectivity index (χ4n) is 4.99. The van der Waals surface area contributed by atoms with Crippen LogP contribution >= 0.6 is 0 Å². The number of carbonyl (C=O) groups excluding carboxylic acids is 1. The van der Waals surface area contributed by atoms with Gasteiger partial charge in [-0.05, 0) is 49.4 Å². The van der Waals surface area contributed by atoms with Crippen LogP contribution in [0.5, 0.6) is 5.75 Å². The molecule has 2 aliphatic rings. The molecule has 5 rings (SSSR count). The molecule has 0 saturated carbocycles. The van der Waals surface area contributed by atoms with Gasteiger partial charge in [0.2, 0.25) is 0 Å². The summed E-state index contributed by atoms with van der Waals surface area (Å²) in [5, 5.41) is 1.35. The lowest BCUT2D eigenvalue weighted by Crippen LogP contribution is -2.38. The van der Waals surface area contributed by atoms with E-state index in [2.05, 4.69) is 47.0 Å². The van der Waals surface area contributed by atoms with Crippen LogP contribution in [0.25, 0.3) is 10.9 Å². The summed E-state index contributed by atoms with van der Waals surface area (Å²) in [4.78, 5) is 17.4. The largest absolute Gasteiger partial charge is 0.489 e. The minimum atomic E-state index is 0.112. The first-order chi connectivity index (χ1) is 15.2. The van der Waals surface area contributed by atoms with E-state index in [0.717, 1.165) is 64.2 Å². The first-order valence-corrected chi connectivity index (χ1v) is 11.5. The van der Waals surface area contributed by atoms with Gasteiger partial charge < -0.3 is 14.2 Å². The van der Waals surface area contributed by atoms with Gasteiger partial charge in [0.05, 0.1) is 5.56 Å². The minimum absolute atomic E-state index is 0.112. The van der Waals surface area contributed by atoms with Crippen LogP contribution in [-0.2, 0) is 13.6 Å². The standard InChI is InChI=1S/C26H31N3O2/c1-27-18-20(22-8-2-4-10-24(22)27)19-28-16-12-21(13-17-28)31-25-11-5-3-9-23(25)26(30)29-14-6-7-15-29/h2-5,8-11,18,21H,6-7,12-17,19H2,1H3. The highest BCUT2D eigenvalue weighted by Gasteiger charge is 2.26. The molecule has 2 aliphatic heterocycles. The number of hydrogen-bond donors (Lipinski definition) is 0. The molecule has 1 aromatic heterocycles. The molecule has 31 heavy (non-hydrogen) atoms. The molecule has 5 heteroatoms. The van der Waals surface area contributed by atoms with E-state index < -0.39 is 0 Å². The Balaban J connectivity index is 1.21. The smallest absolute Gasteiger partial charge is 0.257 e. The maximum absolute atomic E-state index is 12.9. The van der Waals surface area contributed by atoms with Gasteiger partial charge in [-0.3, -0.25) is 9.69 Å². The van der Waals surface area contributed by atoms with Gasteiger partial charge in [0, 0.05) is 56.9 Å². The predicted octanol–water partition coefficient (Wildman–Crippen LogP) is 4.46. The van der Waals surface area contributed by atoms with Crippen molar-refractivity contribution in [1.82, 2.24) is 14.4 Å². The van der Waals surface area contributed by atoms with Gasteiger partial charge in [-0.15, -0.1) is 0 Å². The van der Waals surface area contributed by atoms with Crippen molar-refractivity contribution in [2.45, 2.75) is 38.3 Å². The van der Waals surface area contributed by atoms with Crippen molar-refractivity contribution < 1.29 is 9.53 Å². The van der Waals surface area contributed by atoms with E-state index in [9.17, 15) is 4.79 Å². The molecule has 5 nitrogen and oxygen atoms in total. The van der Waals surface area contributed by atoms with E-state index in [1.54, 1.807) is 0 Å². The molecule has 0 aliphatic carbocycles. The van der Waals surface area contributed by atoms with E-state index in [0.29, 0.717) is 5.56 Å². The Hall–Kier alpha value is -2.79. The third kappa shape index (κ3) is 4.19. The zero-order chi connectivity index (χ0) is 21.2. The second-order valence-corrected chi connectivity index (χ2v) is 8.87. The highest BCUT2D eigenvalue weighted by Crippen LogP contribution is 2.27. The van der Waals surface area contributed by atoms with Gasteiger partial charge in [-0.25, -0.2) is 0 Å². The lowest BCUT2D eigenvalue weighted by Gasteiger charge is -2.32. The van der Waals surface area contributed by atoms with Crippen molar-refractivity contribution in [3.8, 4) is 5.75 Å². The first-order valence-electron chi connectivity index (χ1n) is 11.5. The summed E-state index contributed by atoms with van der Waals surface area (Å²) in [5.74, 6) is 0.855. The van der Waals surface area contributed by atoms with E-state index in [-0.39, 0.29) is 12.0 Å². The molecular formula is C26H31N3O2. The molecule has 0 radical (unpaired) electrons. The topological polar surface area (TPSA) is 37.7 Å². The van der Waals surface area contributed by atoms with Crippen LogP contribution in [0.15, 0.2) is 54.7 Å². The number of aromatic nitrogens is 1. The molecule has 0 bridgehead atoms. The number of carbonyl (C=O) groups is 1. The molecule has 0 N–H and O–H groups in total. The molecule has 0 spiro atoms. The maximum Gasteiger partial charge on any atom is 0.257 e. The molecule has 2 aromatic carbocycles. The molecule has 2 fully saturated rings. The molecule has 0 atom stereocenters. The van der Waals surface area contributed by atoms with Gasteiger partial charge in [0.15, 0.2) is 0 Å². The van der Waals surface area contributed by atoms with Crippen LogP contribution in [0.2, 0.25) is 0 Å². The second-order valence-electron chi connectivity index (χ2n) is 8.87. The zero-order valence-electron chi connectivity index (χ0n) is 18.3. The number of nitrogens with zero attached hydrogens (tertiary/aromatic N) is 3. The number of rotatable bonds is 5. The third-order valence-corrected chi connectivity index (χ3v) is 6.71. The molecular weight excluding hydrogens is 386 g/mol. The van der Waals surface area contributed by atoms with Gasteiger partial charge >= 0.3 is 0 Å². The SMILES string of the molecule is Cn1cc(CN2CCC(Oc3ccccc3C(=O)N3CCCC3)CC2)c2ccccc21. The summed E-state index contributed by atoms with van der Waals surface area (Å²) in [6, 6.07) is 16.4. The van der Waals surface area contributed by atoms with Gasteiger partial charge in [-0.1, -0.05) is 30.3 Å². The maximum atomic E-state index is 12.9. The number of piperidine rings is 1. The molecule has 1 amide bonds. The number of likely N-dealkylation sites (tertiary alicyclic amines) is 2. The number of fused-ring (bicyclic) bond motifs is 1. The fraction of sp³-hybridized carbons (Fsp3) is 0.423. The number of ether oxygens (including phenoxy) is 1. The average molecular weight is 418 g/mol. The lowest BCUT2D eigenvalue weighted by atomic mass is 10.1. The third-order valence-electron chi connectivity index (χ3n) is 6.71. The summed E-state index contributed by atoms with van der Waals surface area (Å²) in [6.07, 6.45) is 6.59. The van der Waals surface area contributed by atoms with Crippen molar-refractivity contribution >= 4 is 16.8 Å². The summed E-state index contributed by atoms with van der Waals surface area (Å²) >= 11 is 0. The molecule has 3 heterocycles. The zero-order valence-corrected chi connectivity index (χ0v) is 18.3. The number of aryl methyl sites for hydroxylation is 1. The second kappa shape index (κ2) is 8.75. The quantitative estimate of drug-likeness (QED) is 0.615. The normalized spacial score (nSPS) is 18.0. The molecule has 2 saturated heterocycles. The van der Waals surface area contributed by atoms with Crippen LogP contribution in [0.1, 0.15) is 41.6 Å². The summed E-state index contributed by atoms with van der Waals surface area (Å²) in [7, 11) is 2.12. The number of para-hydroxylation sites is 2. The van der Waals surface area contributed by atoms with Crippen molar-refractivity contribution in [3.05, 3.63) is 65.9 Å². The Labute approximate surface area is 184 Å². The van der Waals surface area contributed by atoms with Crippen molar-refractivity contribution in [1.29, 1.82) is 0 Å². The molecule has 3 aromatic rings. The minimum Gasteiger partial charge on any atom is -0.489 e. The highest BCUT2D eigenvalue weighted by molar-refractivity contribution is 5.97. The Kier molecular flexibility index (Phi) is 5.68. The van der Waals surface area contributed by atoms with Crippen LogP contribution in [0.4, 0.5) is 0 Å². The Morgan fingerprint density at radius 2 is 1.68 bits per heavy atom. The monoisotopic (exact) mass is 417 g/mol. The lowest BCUT2D eigenvalue weighted by molar-refractivity contribution is 0.0765. The van der Waals surface area contributed by atoms with Gasteiger partial charge in [0.25, 0.3) is 5.91 Å². The number of hydrogen-bond acceptors (Lipinski definition) is 3. The van der Waals surface area contributed by atoms with E-state index >= 15 is 0 Å². The van der Waals surface area contributed by atoms with Gasteiger partial charge in [-0.2, -0.15) is 0 Å². The van der Waals surface area contributed by atoms with Gasteiger partial charge in [0.1, 0.15) is 11.9 Å². The van der Waals surface area contributed by atoms with E-state index in [1.807, 2.05) is 29.2 Å².